The molecular weight excluding hydrogens is 359 g/mol. The molecule has 0 saturated carbocycles. The Morgan fingerprint density at radius 2 is 1.93 bits per heavy atom. The molecule has 0 aliphatic carbocycles. The van der Waals surface area contributed by atoms with Crippen LogP contribution in [0.1, 0.15) is 12.0 Å². The van der Waals surface area contributed by atoms with Crippen molar-refractivity contribution in [3.8, 4) is 0 Å². The third kappa shape index (κ3) is 5.12. The number of hydrogen-bond donors (Lipinski definition) is 1. The fourth-order valence-corrected chi connectivity index (χ4v) is 2.92. The van der Waals surface area contributed by atoms with E-state index in [2.05, 4.69) is 10.3 Å². The number of benzene rings is 1. The second kappa shape index (κ2) is 8.28. The van der Waals surface area contributed by atoms with Crippen molar-refractivity contribution in [3.05, 3.63) is 60.2 Å². The summed E-state index contributed by atoms with van der Waals surface area (Å²) < 4.78 is 46.8. The number of aromatic nitrogens is 1. The second-order valence-electron chi connectivity index (χ2n) is 6.47. The van der Waals surface area contributed by atoms with Crippen LogP contribution >= 0.6 is 0 Å². The van der Waals surface area contributed by atoms with Crippen LogP contribution in [0.25, 0.3) is 0 Å². The molecule has 1 N–H and O–H groups in total. The number of carbonyl (C=O) groups is 1. The van der Waals surface area contributed by atoms with Crippen molar-refractivity contribution < 1.29 is 22.7 Å². The number of likely N-dealkylation sites (tertiary alicyclic amines) is 1. The molecule has 3 rings (SSSR count). The summed E-state index contributed by atoms with van der Waals surface area (Å²) in [5, 5.41) is 2.98. The lowest BCUT2D eigenvalue weighted by Gasteiger charge is -2.37. The number of nitrogens with zero attached hydrogens (tertiary/aromatic N) is 2. The molecule has 1 fully saturated rings. The SMILES string of the molecule is O=C(OCc1ccc(F)cc1)N1CC[C@H](CNc2ccncc2)C(F)(F)C1. The van der Waals surface area contributed by atoms with Gasteiger partial charge in [0.25, 0.3) is 5.92 Å². The van der Waals surface area contributed by atoms with Crippen LogP contribution in [0, 0.1) is 11.7 Å². The Labute approximate surface area is 155 Å². The van der Waals surface area contributed by atoms with Gasteiger partial charge in [0.15, 0.2) is 0 Å². The number of ether oxygens (including phenoxy) is 1. The average molecular weight is 379 g/mol. The van der Waals surface area contributed by atoms with Crippen molar-refractivity contribution in [2.24, 2.45) is 5.92 Å². The largest absolute Gasteiger partial charge is 0.445 e. The molecule has 1 aliphatic rings. The Balaban J connectivity index is 1.49. The Bertz CT molecular complexity index is 757. The van der Waals surface area contributed by atoms with Crippen LogP contribution in [0.15, 0.2) is 48.8 Å². The molecule has 0 radical (unpaired) electrons. The molecule has 8 heteroatoms. The summed E-state index contributed by atoms with van der Waals surface area (Å²) in [6.07, 6.45) is 2.54. The molecule has 1 aromatic carbocycles. The van der Waals surface area contributed by atoms with Crippen LogP contribution in [-0.2, 0) is 11.3 Å². The highest BCUT2D eigenvalue weighted by Gasteiger charge is 2.46. The average Bonchev–Trinajstić information content (AvgIpc) is 2.66. The van der Waals surface area contributed by atoms with Gasteiger partial charge in [-0.1, -0.05) is 12.1 Å². The molecule has 1 amide bonds. The van der Waals surface area contributed by atoms with E-state index in [4.69, 9.17) is 4.74 Å². The second-order valence-corrected chi connectivity index (χ2v) is 6.47. The van der Waals surface area contributed by atoms with E-state index in [1.807, 2.05) is 0 Å². The van der Waals surface area contributed by atoms with Gasteiger partial charge in [-0.25, -0.2) is 18.0 Å². The van der Waals surface area contributed by atoms with Gasteiger partial charge in [-0.2, -0.15) is 0 Å². The highest BCUT2D eigenvalue weighted by Crippen LogP contribution is 2.33. The third-order valence-corrected chi connectivity index (χ3v) is 4.51. The number of anilines is 1. The summed E-state index contributed by atoms with van der Waals surface area (Å²) in [6.45, 7) is -0.470. The summed E-state index contributed by atoms with van der Waals surface area (Å²) in [6, 6.07) is 8.87. The van der Waals surface area contributed by atoms with Crippen LogP contribution in [0.3, 0.4) is 0 Å². The first kappa shape index (κ1) is 19.0. The number of amides is 1. The Morgan fingerprint density at radius 3 is 2.59 bits per heavy atom. The number of carbonyl (C=O) groups excluding carboxylic acids is 1. The standard InChI is InChI=1S/C19H20F3N3O2/c20-16-3-1-14(2-4-16)12-27-18(26)25-10-7-15(19(21,22)13-25)11-24-17-5-8-23-9-6-17/h1-6,8-9,15H,7,10-13H2,(H,23,24)/t15-/m1/s1. The molecule has 2 aromatic rings. The van der Waals surface area contributed by atoms with Crippen molar-refractivity contribution >= 4 is 11.8 Å². The highest BCUT2D eigenvalue weighted by atomic mass is 19.3. The monoisotopic (exact) mass is 379 g/mol. The van der Waals surface area contributed by atoms with Gasteiger partial charge in [-0.15, -0.1) is 0 Å². The fourth-order valence-electron chi connectivity index (χ4n) is 2.92. The number of hydrogen-bond acceptors (Lipinski definition) is 4. The maximum Gasteiger partial charge on any atom is 0.410 e. The molecule has 0 unspecified atom stereocenters. The van der Waals surface area contributed by atoms with E-state index in [0.29, 0.717) is 5.56 Å². The van der Waals surface area contributed by atoms with E-state index < -0.39 is 30.3 Å². The van der Waals surface area contributed by atoms with Gasteiger partial charge in [-0.05, 0) is 36.2 Å². The molecule has 1 atom stereocenters. The molecule has 2 heterocycles. The first-order valence-electron chi connectivity index (χ1n) is 8.62. The van der Waals surface area contributed by atoms with E-state index in [0.717, 1.165) is 10.6 Å². The minimum Gasteiger partial charge on any atom is -0.445 e. The zero-order valence-electron chi connectivity index (χ0n) is 14.6. The van der Waals surface area contributed by atoms with Gasteiger partial charge in [0, 0.05) is 37.1 Å². The molecule has 27 heavy (non-hydrogen) atoms. The molecule has 1 saturated heterocycles. The van der Waals surface area contributed by atoms with Crippen molar-refractivity contribution in [3.63, 3.8) is 0 Å². The summed E-state index contributed by atoms with van der Waals surface area (Å²) in [7, 11) is 0. The van der Waals surface area contributed by atoms with E-state index in [9.17, 15) is 18.0 Å². The van der Waals surface area contributed by atoms with Gasteiger partial charge in [0.05, 0.1) is 6.54 Å². The number of nitrogens with one attached hydrogen (secondary N) is 1. The van der Waals surface area contributed by atoms with Crippen LogP contribution in [-0.4, -0.2) is 41.5 Å². The highest BCUT2D eigenvalue weighted by molar-refractivity contribution is 5.68. The number of pyridine rings is 1. The van der Waals surface area contributed by atoms with Gasteiger partial charge < -0.3 is 15.0 Å². The number of alkyl halides is 2. The predicted octanol–water partition coefficient (Wildman–Crippen LogP) is 3.93. The van der Waals surface area contributed by atoms with Crippen LogP contribution in [0.4, 0.5) is 23.7 Å². The number of halogens is 3. The lowest BCUT2D eigenvalue weighted by Crippen LogP contribution is -2.52. The Morgan fingerprint density at radius 1 is 1.22 bits per heavy atom. The maximum atomic E-state index is 14.4. The Kier molecular flexibility index (Phi) is 5.83. The van der Waals surface area contributed by atoms with Gasteiger partial charge in [0.2, 0.25) is 0 Å². The van der Waals surface area contributed by atoms with Crippen molar-refractivity contribution in [1.82, 2.24) is 9.88 Å². The lowest BCUT2D eigenvalue weighted by molar-refractivity contribution is -0.101. The molecule has 5 nitrogen and oxygen atoms in total. The van der Waals surface area contributed by atoms with Crippen molar-refractivity contribution in [1.29, 1.82) is 0 Å². The van der Waals surface area contributed by atoms with Crippen molar-refractivity contribution in [2.75, 3.05) is 25.0 Å². The zero-order valence-corrected chi connectivity index (χ0v) is 14.6. The normalized spacial score (nSPS) is 18.8. The lowest BCUT2D eigenvalue weighted by atomic mass is 9.93. The quantitative estimate of drug-likeness (QED) is 0.855. The van der Waals surface area contributed by atoms with Gasteiger partial charge in [-0.3, -0.25) is 4.98 Å². The minimum atomic E-state index is -3.02. The van der Waals surface area contributed by atoms with Crippen LogP contribution in [0.2, 0.25) is 0 Å². The maximum absolute atomic E-state index is 14.4. The van der Waals surface area contributed by atoms with Crippen molar-refractivity contribution in [2.45, 2.75) is 19.0 Å². The van der Waals surface area contributed by atoms with Gasteiger partial charge in [0.1, 0.15) is 12.4 Å². The smallest absolute Gasteiger partial charge is 0.410 e. The minimum absolute atomic E-state index is 0.0891. The summed E-state index contributed by atoms with van der Waals surface area (Å²) in [5.41, 5.74) is 1.31. The Hall–Kier alpha value is -2.77. The fraction of sp³-hybridized carbons (Fsp3) is 0.368. The molecule has 144 valence electrons. The van der Waals surface area contributed by atoms with E-state index >= 15 is 0 Å². The molecule has 1 aromatic heterocycles. The summed E-state index contributed by atoms with van der Waals surface area (Å²) in [4.78, 5) is 17.0. The topological polar surface area (TPSA) is 54.5 Å². The number of rotatable bonds is 5. The van der Waals surface area contributed by atoms with Gasteiger partial charge >= 0.3 is 6.09 Å². The molecule has 0 spiro atoms. The third-order valence-electron chi connectivity index (χ3n) is 4.51. The van der Waals surface area contributed by atoms with E-state index in [1.165, 1.54) is 24.3 Å². The number of piperidine rings is 1. The zero-order chi connectivity index (χ0) is 19.3. The molecule has 0 bridgehead atoms. The van der Waals surface area contributed by atoms with Crippen LogP contribution in [0.5, 0.6) is 0 Å². The molecular formula is C19H20F3N3O2. The molecule has 1 aliphatic heterocycles. The summed E-state index contributed by atoms with van der Waals surface area (Å²) in [5.74, 6) is -4.30. The first-order valence-corrected chi connectivity index (χ1v) is 8.62. The predicted molar refractivity (Wildman–Crippen MR) is 93.9 cm³/mol. The summed E-state index contributed by atoms with van der Waals surface area (Å²) >= 11 is 0. The first-order chi connectivity index (χ1) is 12.9. The van der Waals surface area contributed by atoms with E-state index in [1.54, 1.807) is 24.5 Å². The van der Waals surface area contributed by atoms with Crippen LogP contribution < -0.4 is 5.32 Å². The van der Waals surface area contributed by atoms with E-state index in [-0.39, 0.29) is 26.1 Å².